The molecule has 3 rings (SSSR count). The van der Waals surface area contributed by atoms with Crippen LogP contribution in [0.25, 0.3) is 5.69 Å². The van der Waals surface area contributed by atoms with E-state index in [9.17, 15) is 22.8 Å². The molecule has 0 N–H and O–H groups in total. The summed E-state index contributed by atoms with van der Waals surface area (Å²) in [7, 11) is 3.18. The first-order valence-electron chi connectivity index (χ1n) is 11.0. The molecule has 0 spiro atoms. The molecule has 7 nitrogen and oxygen atoms in total. The van der Waals surface area contributed by atoms with E-state index in [-0.39, 0.29) is 34.9 Å². The first-order chi connectivity index (χ1) is 15.7. The number of rotatable bonds is 7. The van der Waals surface area contributed by atoms with Crippen molar-refractivity contribution in [3.05, 3.63) is 41.7 Å². The summed E-state index contributed by atoms with van der Waals surface area (Å²) in [6, 6.07) is 4.70. The Kier molecular flexibility index (Phi) is 7.65. The van der Waals surface area contributed by atoms with Gasteiger partial charge in [0, 0.05) is 32.6 Å². The van der Waals surface area contributed by atoms with Crippen molar-refractivity contribution < 1.29 is 27.5 Å². The van der Waals surface area contributed by atoms with Crippen LogP contribution in [-0.2, 0) is 11.0 Å². The van der Waals surface area contributed by atoms with Crippen LogP contribution in [0.1, 0.15) is 48.7 Å². The van der Waals surface area contributed by atoms with Gasteiger partial charge in [-0.1, -0.05) is 19.4 Å². The van der Waals surface area contributed by atoms with Gasteiger partial charge >= 0.3 is 6.18 Å². The number of amides is 2. The number of carbonyl (C=O) groups is 2. The first kappa shape index (κ1) is 24.6. The Morgan fingerprint density at radius 1 is 1.24 bits per heavy atom. The molecule has 2 amide bonds. The minimum absolute atomic E-state index is 0.0275. The molecule has 1 aromatic carbocycles. The molecule has 1 aliphatic rings. The minimum atomic E-state index is -4.49. The molecule has 0 aliphatic carbocycles. The molecule has 0 saturated carbocycles. The highest BCUT2D eigenvalue weighted by Crippen LogP contribution is 2.31. The zero-order chi connectivity index (χ0) is 24.2. The van der Waals surface area contributed by atoms with Crippen molar-refractivity contribution in [1.82, 2.24) is 19.6 Å². The topological polar surface area (TPSA) is 67.7 Å². The second-order valence-electron chi connectivity index (χ2n) is 8.22. The second kappa shape index (κ2) is 10.3. The maximum absolute atomic E-state index is 13.1. The molecular weight excluding hydrogens is 437 g/mol. The van der Waals surface area contributed by atoms with Gasteiger partial charge in [0.15, 0.2) is 11.4 Å². The standard InChI is InChI=1S/C23H29F3N4O3/c1-4-5-11-28(2)21(31)16-9-12-29(13-10-16)22(32)20-19(33-3)15-30(27-20)18-8-6-7-17(14-18)23(24,25)26/h6-8,14-16H,4-5,9-13H2,1-3H3. The third-order valence-corrected chi connectivity index (χ3v) is 5.90. The number of hydrogen-bond acceptors (Lipinski definition) is 4. The fraction of sp³-hybridized carbons (Fsp3) is 0.522. The fourth-order valence-corrected chi connectivity index (χ4v) is 3.91. The number of likely N-dealkylation sites (tertiary alicyclic amines) is 1. The molecule has 2 heterocycles. The van der Waals surface area contributed by atoms with Crippen LogP contribution in [0.15, 0.2) is 30.5 Å². The quantitative estimate of drug-likeness (QED) is 0.619. The number of unbranched alkanes of at least 4 members (excludes halogenated alkanes) is 1. The zero-order valence-electron chi connectivity index (χ0n) is 19.1. The van der Waals surface area contributed by atoms with E-state index in [1.165, 1.54) is 30.1 Å². The Morgan fingerprint density at radius 3 is 2.55 bits per heavy atom. The van der Waals surface area contributed by atoms with E-state index < -0.39 is 11.7 Å². The lowest BCUT2D eigenvalue weighted by Gasteiger charge is -2.33. The van der Waals surface area contributed by atoms with E-state index in [1.54, 1.807) is 16.8 Å². The second-order valence-corrected chi connectivity index (χ2v) is 8.22. The average Bonchev–Trinajstić information content (AvgIpc) is 3.26. The third-order valence-electron chi connectivity index (χ3n) is 5.90. The van der Waals surface area contributed by atoms with Gasteiger partial charge in [-0.15, -0.1) is 0 Å². The van der Waals surface area contributed by atoms with Gasteiger partial charge in [0.1, 0.15) is 0 Å². The van der Waals surface area contributed by atoms with E-state index in [0.29, 0.717) is 25.9 Å². The Bertz CT molecular complexity index is 982. The van der Waals surface area contributed by atoms with Crippen LogP contribution >= 0.6 is 0 Å². The zero-order valence-corrected chi connectivity index (χ0v) is 19.1. The van der Waals surface area contributed by atoms with E-state index in [4.69, 9.17) is 4.74 Å². The van der Waals surface area contributed by atoms with Gasteiger partial charge in [-0.2, -0.15) is 18.3 Å². The predicted octanol–water partition coefficient (Wildman–Crippen LogP) is 4.01. The van der Waals surface area contributed by atoms with E-state index in [1.807, 2.05) is 0 Å². The number of benzene rings is 1. The Morgan fingerprint density at radius 2 is 1.94 bits per heavy atom. The Labute approximate surface area is 191 Å². The van der Waals surface area contributed by atoms with Gasteiger partial charge in [0.2, 0.25) is 5.91 Å². The van der Waals surface area contributed by atoms with Crippen molar-refractivity contribution in [2.45, 2.75) is 38.8 Å². The molecule has 1 fully saturated rings. The molecule has 1 aliphatic heterocycles. The smallest absolute Gasteiger partial charge is 0.416 e. The third kappa shape index (κ3) is 5.66. The molecular formula is C23H29F3N4O3. The van der Waals surface area contributed by atoms with Crippen molar-refractivity contribution >= 4 is 11.8 Å². The van der Waals surface area contributed by atoms with Gasteiger partial charge in [0.25, 0.3) is 5.91 Å². The van der Waals surface area contributed by atoms with Crippen molar-refractivity contribution in [2.24, 2.45) is 5.92 Å². The number of ether oxygens (including phenoxy) is 1. The Balaban J connectivity index is 1.71. The maximum Gasteiger partial charge on any atom is 0.416 e. The van der Waals surface area contributed by atoms with Crippen molar-refractivity contribution in [1.29, 1.82) is 0 Å². The van der Waals surface area contributed by atoms with Gasteiger partial charge in [0.05, 0.1) is 24.6 Å². The van der Waals surface area contributed by atoms with Gasteiger partial charge < -0.3 is 14.5 Å². The molecule has 33 heavy (non-hydrogen) atoms. The van der Waals surface area contributed by atoms with Crippen LogP contribution in [-0.4, -0.2) is 65.2 Å². The van der Waals surface area contributed by atoms with Gasteiger partial charge in [-0.3, -0.25) is 9.59 Å². The normalized spacial score (nSPS) is 14.9. The molecule has 10 heteroatoms. The summed E-state index contributed by atoms with van der Waals surface area (Å²) in [5.41, 5.74) is -0.612. The summed E-state index contributed by atoms with van der Waals surface area (Å²) in [4.78, 5) is 29.1. The first-order valence-corrected chi connectivity index (χ1v) is 11.0. The van der Waals surface area contributed by atoms with Crippen molar-refractivity contribution in [3.8, 4) is 11.4 Å². The lowest BCUT2D eigenvalue weighted by molar-refractivity contribution is -0.137. The number of halogens is 3. The highest BCUT2D eigenvalue weighted by atomic mass is 19.4. The molecule has 1 aromatic heterocycles. The van der Waals surface area contributed by atoms with Crippen LogP contribution in [0.5, 0.6) is 5.75 Å². The summed E-state index contributed by atoms with van der Waals surface area (Å²) in [6.45, 7) is 3.59. The van der Waals surface area contributed by atoms with E-state index in [2.05, 4.69) is 12.0 Å². The molecule has 2 aromatic rings. The fourth-order valence-electron chi connectivity index (χ4n) is 3.91. The lowest BCUT2D eigenvalue weighted by Crippen LogP contribution is -2.43. The Hall–Kier alpha value is -3.04. The number of hydrogen-bond donors (Lipinski definition) is 0. The van der Waals surface area contributed by atoms with Crippen LogP contribution in [0.3, 0.4) is 0 Å². The van der Waals surface area contributed by atoms with Gasteiger partial charge in [-0.25, -0.2) is 4.68 Å². The van der Waals surface area contributed by atoms with Crippen molar-refractivity contribution in [2.75, 3.05) is 33.8 Å². The molecule has 0 atom stereocenters. The van der Waals surface area contributed by atoms with Crippen LogP contribution in [0.4, 0.5) is 13.2 Å². The monoisotopic (exact) mass is 466 g/mol. The molecule has 0 radical (unpaired) electrons. The van der Waals surface area contributed by atoms with Crippen molar-refractivity contribution in [3.63, 3.8) is 0 Å². The summed E-state index contributed by atoms with van der Waals surface area (Å²) >= 11 is 0. The van der Waals surface area contributed by atoms with Crippen LogP contribution < -0.4 is 4.74 Å². The number of piperidine rings is 1. The number of methoxy groups -OCH3 is 1. The number of aromatic nitrogens is 2. The molecule has 180 valence electrons. The average molecular weight is 467 g/mol. The summed E-state index contributed by atoms with van der Waals surface area (Å²) in [5, 5.41) is 4.22. The van der Waals surface area contributed by atoms with Crippen LogP contribution in [0, 0.1) is 5.92 Å². The summed E-state index contributed by atoms with van der Waals surface area (Å²) in [5.74, 6) is -0.222. The number of nitrogens with zero attached hydrogens (tertiary/aromatic N) is 4. The molecule has 0 unspecified atom stereocenters. The predicted molar refractivity (Wildman–Crippen MR) is 116 cm³/mol. The van der Waals surface area contributed by atoms with Crippen LogP contribution in [0.2, 0.25) is 0 Å². The number of alkyl halides is 3. The summed E-state index contributed by atoms with van der Waals surface area (Å²) < 4.78 is 45.7. The molecule has 0 bridgehead atoms. The largest absolute Gasteiger partial charge is 0.493 e. The maximum atomic E-state index is 13.1. The van der Waals surface area contributed by atoms with E-state index >= 15 is 0 Å². The van der Waals surface area contributed by atoms with Gasteiger partial charge in [-0.05, 0) is 37.5 Å². The highest BCUT2D eigenvalue weighted by molar-refractivity contribution is 5.95. The highest BCUT2D eigenvalue weighted by Gasteiger charge is 2.33. The lowest BCUT2D eigenvalue weighted by atomic mass is 9.95. The SMILES string of the molecule is CCCCN(C)C(=O)C1CCN(C(=O)c2nn(-c3cccc(C(F)(F)F)c3)cc2OC)CC1. The molecule has 1 saturated heterocycles. The number of carbonyl (C=O) groups excluding carboxylic acids is 2. The summed E-state index contributed by atoms with van der Waals surface area (Å²) in [6.07, 6.45) is -0.0250. The van der Waals surface area contributed by atoms with E-state index in [0.717, 1.165) is 31.5 Å². The minimum Gasteiger partial charge on any atom is -0.493 e.